The molecule has 0 bridgehead atoms. The maximum atomic E-state index is 10.9. The predicted molar refractivity (Wildman–Crippen MR) is 56.3 cm³/mol. The molecule has 0 N–H and O–H groups in total. The second-order valence-electron chi connectivity index (χ2n) is 4.70. The van der Waals surface area contributed by atoms with Crippen molar-refractivity contribution < 1.29 is 9.53 Å². The molecule has 1 aliphatic rings. The first kappa shape index (κ1) is 11.7. The van der Waals surface area contributed by atoms with Gasteiger partial charge < -0.3 is 9.53 Å². The minimum atomic E-state index is -0.335. The van der Waals surface area contributed by atoms with Crippen molar-refractivity contribution in [2.75, 3.05) is 13.7 Å². The molecule has 0 aromatic rings. The van der Waals surface area contributed by atoms with E-state index in [0.717, 1.165) is 25.7 Å². The highest BCUT2D eigenvalue weighted by molar-refractivity contribution is 5.62. The topological polar surface area (TPSA) is 29.5 Å². The molecule has 14 heavy (non-hydrogen) atoms. The van der Waals surface area contributed by atoms with Gasteiger partial charge in [0.05, 0.1) is 11.6 Å². The molecule has 2 unspecified atom stereocenters. The monoisotopic (exact) mass is 199 g/mol. The van der Waals surface area contributed by atoms with Crippen LogP contribution in [0.15, 0.2) is 0 Å². The van der Waals surface area contributed by atoms with Crippen molar-refractivity contribution in [3.8, 4) is 0 Å². The Morgan fingerprint density at radius 2 is 2.14 bits per heavy atom. The summed E-state index contributed by atoms with van der Waals surface area (Å²) in [7, 11) is 1.76. The van der Waals surface area contributed by atoms with Crippen LogP contribution in [0.1, 0.15) is 33.6 Å². The molecular weight excluding hydrogens is 178 g/mol. The molecule has 82 valence electrons. The zero-order valence-electron chi connectivity index (χ0n) is 9.62. The van der Waals surface area contributed by atoms with Gasteiger partial charge in [-0.2, -0.15) is 0 Å². The lowest BCUT2D eigenvalue weighted by molar-refractivity contribution is -0.120. The van der Waals surface area contributed by atoms with Gasteiger partial charge >= 0.3 is 0 Å². The summed E-state index contributed by atoms with van der Waals surface area (Å²) in [5.41, 5.74) is -0.335. The number of rotatable bonds is 3. The third-order valence-corrected chi connectivity index (χ3v) is 3.19. The maximum Gasteiger partial charge on any atom is 0.139 e. The normalized spacial score (nSPS) is 30.3. The minimum Gasteiger partial charge on any atom is -0.381 e. The van der Waals surface area contributed by atoms with Gasteiger partial charge in [-0.05, 0) is 33.6 Å². The molecule has 1 heterocycles. The number of hydrogen-bond acceptors (Lipinski definition) is 3. The Kier molecular flexibility index (Phi) is 3.67. The van der Waals surface area contributed by atoms with E-state index in [2.05, 4.69) is 11.8 Å². The largest absolute Gasteiger partial charge is 0.381 e. The van der Waals surface area contributed by atoms with E-state index in [-0.39, 0.29) is 5.54 Å². The number of hydrogen-bond donors (Lipinski definition) is 0. The van der Waals surface area contributed by atoms with Gasteiger partial charge in [-0.25, -0.2) is 0 Å². The maximum absolute atomic E-state index is 10.9. The standard InChI is InChI=1S/C11H21NO2/c1-9-7-10(14-4)5-6-12(9)11(2,3)8-13/h8-10H,5-7H2,1-4H3. The van der Waals surface area contributed by atoms with Crippen LogP contribution in [0.4, 0.5) is 0 Å². The van der Waals surface area contributed by atoms with Gasteiger partial charge in [0.15, 0.2) is 0 Å². The van der Waals surface area contributed by atoms with Crippen LogP contribution in [0.3, 0.4) is 0 Å². The molecule has 0 aliphatic carbocycles. The van der Waals surface area contributed by atoms with Gasteiger partial charge in [0.25, 0.3) is 0 Å². The van der Waals surface area contributed by atoms with Crippen LogP contribution in [0.2, 0.25) is 0 Å². The van der Waals surface area contributed by atoms with E-state index in [1.54, 1.807) is 7.11 Å². The van der Waals surface area contributed by atoms with Crippen molar-refractivity contribution in [2.24, 2.45) is 0 Å². The fraction of sp³-hybridized carbons (Fsp3) is 0.909. The average molecular weight is 199 g/mol. The van der Waals surface area contributed by atoms with Gasteiger partial charge in [0, 0.05) is 19.7 Å². The van der Waals surface area contributed by atoms with Crippen LogP contribution in [-0.4, -0.2) is 42.5 Å². The Morgan fingerprint density at radius 3 is 2.57 bits per heavy atom. The molecule has 1 rings (SSSR count). The first-order chi connectivity index (χ1) is 6.51. The summed E-state index contributed by atoms with van der Waals surface area (Å²) in [6.07, 6.45) is 3.45. The highest BCUT2D eigenvalue weighted by atomic mass is 16.5. The van der Waals surface area contributed by atoms with Crippen molar-refractivity contribution in [3.63, 3.8) is 0 Å². The van der Waals surface area contributed by atoms with Crippen molar-refractivity contribution >= 4 is 6.29 Å². The van der Waals surface area contributed by atoms with Gasteiger partial charge in [-0.1, -0.05) is 0 Å². The molecule has 0 aromatic heterocycles. The fourth-order valence-corrected chi connectivity index (χ4v) is 2.27. The third-order valence-electron chi connectivity index (χ3n) is 3.19. The van der Waals surface area contributed by atoms with Crippen LogP contribution in [0.25, 0.3) is 0 Å². The molecule has 1 fully saturated rings. The first-order valence-electron chi connectivity index (χ1n) is 5.27. The Balaban J connectivity index is 2.62. The van der Waals surface area contributed by atoms with Crippen LogP contribution >= 0.6 is 0 Å². The van der Waals surface area contributed by atoms with Crippen LogP contribution in [-0.2, 0) is 9.53 Å². The van der Waals surface area contributed by atoms with Crippen molar-refractivity contribution in [1.82, 2.24) is 4.90 Å². The zero-order valence-corrected chi connectivity index (χ0v) is 9.62. The Morgan fingerprint density at radius 1 is 1.50 bits per heavy atom. The van der Waals surface area contributed by atoms with Gasteiger partial charge in [-0.15, -0.1) is 0 Å². The second kappa shape index (κ2) is 4.41. The molecule has 3 nitrogen and oxygen atoms in total. The van der Waals surface area contributed by atoms with E-state index >= 15 is 0 Å². The predicted octanol–water partition coefficient (Wildman–Crippen LogP) is 1.46. The number of carbonyl (C=O) groups is 1. The summed E-state index contributed by atoms with van der Waals surface area (Å²) >= 11 is 0. The fourth-order valence-electron chi connectivity index (χ4n) is 2.27. The Hall–Kier alpha value is -0.410. The smallest absolute Gasteiger partial charge is 0.139 e. The van der Waals surface area contributed by atoms with E-state index in [9.17, 15) is 4.79 Å². The summed E-state index contributed by atoms with van der Waals surface area (Å²) in [6.45, 7) is 7.06. The molecule has 0 spiro atoms. The number of ether oxygens (including phenoxy) is 1. The van der Waals surface area contributed by atoms with Crippen molar-refractivity contribution in [1.29, 1.82) is 0 Å². The average Bonchev–Trinajstić information content (AvgIpc) is 2.17. The Bertz CT molecular complexity index is 203. The van der Waals surface area contributed by atoms with E-state index in [1.165, 1.54) is 0 Å². The highest BCUT2D eigenvalue weighted by Gasteiger charge is 2.34. The van der Waals surface area contributed by atoms with Crippen LogP contribution in [0.5, 0.6) is 0 Å². The van der Waals surface area contributed by atoms with Gasteiger partial charge in [-0.3, -0.25) is 4.90 Å². The van der Waals surface area contributed by atoms with E-state index in [0.29, 0.717) is 12.1 Å². The van der Waals surface area contributed by atoms with Crippen molar-refractivity contribution in [2.45, 2.75) is 51.3 Å². The summed E-state index contributed by atoms with van der Waals surface area (Å²) in [5, 5.41) is 0. The number of nitrogens with zero attached hydrogens (tertiary/aromatic N) is 1. The molecular formula is C11H21NO2. The molecule has 2 atom stereocenters. The quantitative estimate of drug-likeness (QED) is 0.645. The summed E-state index contributed by atoms with van der Waals surface area (Å²) < 4.78 is 5.34. The van der Waals surface area contributed by atoms with Crippen LogP contribution in [0, 0.1) is 0 Å². The summed E-state index contributed by atoms with van der Waals surface area (Å²) in [4.78, 5) is 13.2. The van der Waals surface area contributed by atoms with E-state index in [4.69, 9.17) is 4.74 Å². The second-order valence-corrected chi connectivity index (χ2v) is 4.70. The molecule has 0 radical (unpaired) electrons. The van der Waals surface area contributed by atoms with Gasteiger partial charge in [0.2, 0.25) is 0 Å². The number of methoxy groups -OCH3 is 1. The molecule has 0 saturated carbocycles. The molecule has 0 amide bonds. The van der Waals surface area contributed by atoms with Crippen LogP contribution < -0.4 is 0 Å². The lowest BCUT2D eigenvalue weighted by Crippen LogP contribution is -2.54. The summed E-state index contributed by atoms with van der Waals surface area (Å²) in [6, 6.07) is 0.425. The van der Waals surface area contributed by atoms with Crippen molar-refractivity contribution in [3.05, 3.63) is 0 Å². The third kappa shape index (κ3) is 2.34. The lowest BCUT2D eigenvalue weighted by Gasteiger charge is -2.44. The molecule has 1 aliphatic heterocycles. The Labute approximate surface area is 86.4 Å². The number of piperidine rings is 1. The summed E-state index contributed by atoms with van der Waals surface area (Å²) in [5.74, 6) is 0. The lowest BCUT2D eigenvalue weighted by atomic mass is 9.93. The molecule has 1 saturated heterocycles. The van der Waals surface area contributed by atoms with Gasteiger partial charge in [0.1, 0.15) is 6.29 Å². The first-order valence-corrected chi connectivity index (χ1v) is 5.27. The number of carbonyl (C=O) groups excluding carboxylic acids is 1. The molecule has 3 heteroatoms. The van der Waals surface area contributed by atoms with E-state index < -0.39 is 0 Å². The zero-order chi connectivity index (χ0) is 10.8. The SMILES string of the molecule is COC1CCN(C(C)(C)C=O)C(C)C1. The number of likely N-dealkylation sites (tertiary alicyclic amines) is 1. The molecule has 0 aromatic carbocycles. The minimum absolute atomic E-state index is 0.335. The highest BCUT2D eigenvalue weighted by Crippen LogP contribution is 2.25. The van der Waals surface area contributed by atoms with E-state index in [1.807, 2.05) is 13.8 Å². The number of aldehydes is 1.